The van der Waals surface area contributed by atoms with Crippen LogP contribution in [0.3, 0.4) is 0 Å². The molecule has 0 aromatic heterocycles. The normalized spacial score (nSPS) is 10.2. The van der Waals surface area contributed by atoms with Crippen molar-refractivity contribution in [3.05, 3.63) is 59.2 Å². The number of rotatable bonds is 5. The Morgan fingerprint density at radius 1 is 1.24 bits per heavy atom. The van der Waals surface area contributed by atoms with Gasteiger partial charge in [0, 0.05) is 11.6 Å². The van der Waals surface area contributed by atoms with E-state index in [1.165, 1.54) is 37.4 Å². The molecule has 0 radical (unpaired) electrons. The zero-order chi connectivity index (χ0) is 15.4. The van der Waals surface area contributed by atoms with Gasteiger partial charge in [-0.05, 0) is 18.2 Å². The van der Waals surface area contributed by atoms with E-state index in [1.807, 2.05) is 0 Å². The van der Waals surface area contributed by atoms with E-state index in [9.17, 15) is 13.6 Å². The summed E-state index contributed by atoms with van der Waals surface area (Å²) in [5.74, 6) is -2.77. The Balaban J connectivity index is 2.26. The van der Waals surface area contributed by atoms with E-state index in [0.717, 1.165) is 6.07 Å². The quantitative estimate of drug-likeness (QED) is 0.919. The number of hydrogen-bond donors (Lipinski definition) is 1. The van der Waals surface area contributed by atoms with E-state index in [-0.39, 0.29) is 23.5 Å². The highest BCUT2D eigenvalue weighted by Crippen LogP contribution is 2.26. The minimum absolute atomic E-state index is 0.00541. The van der Waals surface area contributed by atoms with Crippen LogP contribution in [-0.4, -0.2) is 18.2 Å². The predicted octanol–water partition coefficient (Wildman–Crippen LogP) is 3.25. The highest BCUT2D eigenvalue weighted by molar-refractivity contribution is 5.91. The van der Waals surface area contributed by atoms with Crippen LogP contribution in [0.1, 0.15) is 15.9 Å². The lowest BCUT2D eigenvalue weighted by molar-refractivity contribution is 0.0691. The highest BCUT2D eigenvalue weighted by atomic mass is 19.2. The highest BCUT2D eigenvalue weighted by Gasteiger charge is 2.14. The molecule has 0 aliphatic heterocycles. The van der Waals surface area contributed by atoms with Gasteiger partial charge in [0.05, 0.1) is 7.11 Å². The van der Waals surface area contributed by atoms with Crippen molar-refractivity contribution in [2.24, 2.45) is 0 Å². The van der Waals surface area contributed by atoms with Gasteiger partial charge >= 0.3 is 5.97 Å². The van der Waals surface area contributed by atoms with Crippen molar-refractivity contribution in [3.63, 3.8) is 0 Å². The van der Waals surface area contributed by atoms with Gasteiger partial charge in [-0.3, -0.25) is 0 Å². The third-order valence-electron chi connectivity index (χ3n) is 2.83. The molecular formula is C15H12F2O4. The van der Waals surface area contributed by atoms with Gasteiger partial charge in [-0.15, -0.1) is 0 Å². The monoisotopic (exact) mass is 294 g/mol. The van der Waals surface area contributed by atoms with Crippen molar-refractivity contribution >= 4 is 5.97 Å². The summed E-state index contributed by atoms with van der Waals surface area (Å²) < 4.78 is 36.9. The van der Waals surface area contributed by atoms with Gasteiger partial charge in [0.1, 0.15) is 23.7 Å². The Kier molecular flexibility index (Phi) is 4.37. The number of methoxy groups -OCH3 is 1. The molecule has 2 aromatic carbocycles. The number of ether oxygens (including phenoxy) is 2. The number of halogens is 2. The van der Waals surface area contributed by atoms with Gasteiger partial charge in [0.25, 0.3) is 0 Å². The Morgan fingerprint density at radius 3 is 2.67 bits per heavy atom. The first kappa shape index (κ1) is 14.8. The van der Waals surface area contributed by atoms with Crippen LogP contribution in [0, 0.1) is 11.6 Å². The molecule has 1 N–H and O–H groups in total. The SMILES string of the molecule is COc1ccc(C(=O)O)c(OCc2cccc(F)c2F)c1. The minimum atomic E-state index is -1.19. The number of carboxylic acid groups (broad SMARTS) is 1. The fraction of sp³-hybridized carbons (Fsp3) is 0.133. The molecule has 0 saturated carbocycles. The Bertz CT molecular complexity index is 671. The van der Waals surface area contributed by atoms with Crippen LogP contribution in [0.4, 0.5) is 8.78 Å². The van der Waals surface area contributed by atoms with Crippen molar-refractivity contribution < 1.29 is 28.2 Å². The summed E-state index contributed by atoms with van der Waals surface area (Å²) in [5, 5.41) is 9.07. The fourth-order valence-electron chi connectivity index (χ4n) is 1.74. The Morgan fingerprint density at radius 2 is 2.00 bits per heavy atom. The second-order valence-corrected chi connectivity index (χ2v) is 4.17. The average Bonchev–Trinajstić information content (AvgIpc) is 2.48. The van der Waals surface area contributed by atoms with E-state index in [4.69, 9.17) is 14.6 Å². The third-order valence-corrected chi connectivity index (χ3v) is 2.83. The molecule has 0 atom stereocenters. The van der Waals surface area contributed by atoms with E-state index in [1.54, 1.807) is 0 Å². The van der Waals surface area contributed by atoms with Crippen LogP contribution in [0.5, 0.6) is 11.5 Å². The largest absolute Gasteiger partial charge is 0.497 e. The van der Waals surface area contributed by atoms with Crippen molar-refractivity contribution in [2.45, 2.75) is 6.61 Å². The summed E-state index contributed by atoms with van der Waals surface area (Å²) in [4.78, 5) is 11.1. The van der Waals surface area contributed by atoms with Gasteiger partial charge in [0.2, 0.25) is 0 Å². The van der Waals surface area contributed by atoms with Crippen LogP contribution >= 0.6 is 0 Å². The van der Waals surface area contributed by atoms with Crippen molar-refractivity contribution in [1.82, 2.24) is 0 Å². The number of hydrogen-bond acceptors (Lipinski definition) is 3. The molecule has 6 heteroatoms. The van der Waals surface area contributed by atoms with Crippen LogP contribution in [-0.2, 0) is 6.61 Å². The molecule has 0 aliphatic rings. The van der Waals surface area contributed by atoms with Crippen LogP contribution in [0.15, 0.2) is 36.4 Å². The van der Waals surface area contributed by atoms with Crippen molar-refractivity contribution in [3.8, 4) is 11.5 Å². The smallest absolute Gasteiger partial charge is 0.339 e. The average molecular weight is 294 g/mol. The first-order valence-electron chi connectivity index (χ1n) is 6.00. The minimum Gasteiger partial charge on any atom is -0.497 e. The molecule has 2 rings (SSSR count). The molecule has 0 unspecified atom stereocenters. The second kappa shape index (κ2) is 6.21. The van der Waals surface area contributed by atoms with Gasteiger partial charge in [0.15, 0.2) is 11.6 Å². The van der Waals surface area contributed by atoms with E-state index in [2.05, 4.69) is 0 Å². The molecular weight excluding hydrogens is 282 g/mol. The molecule has 0 spiro atoms. The molecule has 0 amide bonds. The molecule has 0 fully saturated rings. The van der Waals surface area contributed by atoms with Crippen molar-refractivity contribution in [2.75, 3.05) is 7.11 Å². The van der Waals surface area contributed by atoms with Gasteiger partial charge in [-0.1, -0.05) is 12.1 Å². The molecule has 0 bridgehead atoms. The lowest BCUT2D eigenvalue weighted by Crippen LogP contribution is -2.05. The number of carbonyl (C=O) groups is 1. The zero-order valence-corrected chi connectivity index (χ0v) is 11.1. The van der Waals surface area contributed by atoms with E-state index >= 15 is 0 Å². The molecule has 0 heterocycles. The maximum absolute atomic E-state index is 13.5. The molecule has 0 aliphatic carbocycles. The number of benzene rings is 2. The summed E-state index contributed by atoms with van der Waals surface area (Å²) in [7, 11) is 1.42. The summed E-state index contributed by atoms with van der Waals surface area (Å²) >= 11 is 0. The molecule has 2 aromatic rings. The zero-order valence-electron chi connectivity index (χ0n) is 11.1. The maximum Gasteiger partial charge on any atom is 0.339 e. The lowest BCUT2D eigenvalue weighted by Gasteiger charge is -2.11. The van der Waals surface area contributed by atoms with Gasteiger partial charge in [-0.25, -0.2) is 13.6 Å². The first-order valence-corrected chi connectivity index (χ1v) is 6.00. The Hall–Kier alpha value is -2.63. The van der Waals surface area contributed by atoms with Crippen LogP contribution in [0.2, 0.25) is 0 Å². The van der Waals surface area contributed by atoms with Crippen LogP contribution < -0.4 is 9.47 Å². The second-order valence-electron chi connectivity index (χ2n) is 4.17. The van der Waals surface area contributed by atoms with E-state index in [0.29, 0.717) is 5.75 Å². The molecule has 4 nitrogen and oxygen atoms in total. The lowest BCUT2D eigenvalue weighted by atomic mass is 10.2. The molecule has 21 heavy (non-hydrogen) atoms. The summed E-state index contributed by atoms with van der Waals surface area (Å²) in [6, 6.07) is 7.87. The number of carboxylic acids is 1. The standard InChI is InChI=1S/C15H12F2O4/c1-20-10-5-6-11(15(18)19)13(7-10)21-8-9-3-2-4-12(16)14(9)17/h2-7H,8H2,1H3,(H,18,19). The van der Waals surface area contributed by atoms with Crippen LogP contribution in [0.25, 0.3) is 0 Å². The maximum atomic E-state index is 13.5. The topological polar surface area (TPSA) is 55.8 Å². The van der Waals surface area contributed by atoms with Gasteiger partial charge in [-0.2, -0.15) is 0 Å². The number of aromatic carboxylic acids is 1. The molecule has 0 saturated heterocycles. The summed E-state index contributed by atoms with van der Waals surface area (Å²) in [6.45, 7) is -0.295. The summed E-state index contributed by atoms with van der Waals surface area (Å²) in [6.07, 6.45) is 0. The molecule has 110 valence electrons. The predicted molar refractivity (Wildman–Crippen MR) is 70.6 cm³/mol. The third kappa shape index (κ3) is 3.28. The first-order chi connectivity index (χ1) is 10.0. The fourth-order valence-corrected chi connectivity index (χ4v) is 1.74. The Labute approximate surface area is 119 Å². The van der Waals surface area contributed by atoms with Crippen molar-refractivity contribution in [1.29, 1.82) is 0 Å². The van der Waals surface area contributed by atoms with Gasteiger partial charge < -0.3 is 14.6 Å². The van der Waals surface area contributed by atoms with E-state index < -0.39 is 17.6 Å². The summed E-state index contributed by atoms with van der Waals surface area (Å²) in [5.41, 5.74) is -0.0956.